The third-order valence-electron chi connectivity index (χ3n) is 9.24. The molecule has 14 heteroatoms. The Morgan fingerprint density at radius 3 is 1.88 bits per heavy atom. The molecule has 0 aliphatic heterocycles. The van der Waals surface area contributed by atoms with E-state index in [0.29, 0.717) is 37.8 Å². The molecule has 0 saturated heterocycles. The number of amides is 3. The van der Waals surface area contributed by atoms with Crippen molar-refractivity contribution in [1.82, 2.24) is 31.2 Å². The maximum Gasteiger partial charge on any atom is 0.325 e. The van der Waals surface area contributed by atoms with Crippen LogP contribution in [0.2, 0.25) is 0 Å². The number of hydrogen-bond donors (Lipinski definition) is 5. The molecule has 300 valence electrons. The maximum atomic E-state index is 13.5. The SMILES string of the molecule is Cc1ccc(C(NCCCC[C@H](NC(=O)CCCC#Cc2cnc(S(C)(=O)=O)nc2)C(=O)N[C@@H](C)C(=O)N[C@@H](C)C(=O)O)(c2ccccc2)c2ccccc2)cc1. The smallest absolute Gasteiger partial charge is 0.325 e. The summed E-state index contributed by atoms with van der Waals surface area (Å²) >= 11 is 0. The van der Waals surface area contributed by atoms with Gasteiger partial charge in [0.1, 0.15) is 18.1 Å². The van der Waals surface area contributed by atoms with E-state index < -0.39 is 51.3 Å². The van der Waals surface area contributed by atoms with E-state index in [2.05, 4.69) is 98.5 Å². The highest BCUT2D eigenvalue weighted by Gasteiger charge is 2.35. The Hall–Kier alpha value is -5.91. The first-order valence-electron chi connectivity index (χ1n) is 18.8. The van der Waals surface area contributed by atoms with Gasteiger partial charge in [0.15, 0.2) is 0 Å². The molecule has 3 atom stereocenters. The number of benzene rings is 3. The van der Waals surface area contributed by atoms with Crippen molar-refractivity contribution in [1.29, 1.82) is 0 Å². The Labute approximate surface area is 334 Å². The number of aliphatic carboxylic acids is 1. The molecule has 0 aliphatic rings. The molecular weight excluding hydrogens is 745 g/mol. The van der Waals surface area contributed by atoms with Gasteiger partial charge in [0.2, 0.25) is 32.7 Å². The van der Waals surface area contributed by atoms with Gasteiger partial charge in [-0.05, 0) is 69.7 Å². The Morgan fingerprint density at radius 1 is 0.754 bits per heavy atom. The van der Waals surface area contributed by atoms with Crippen LogP contribution in [0.3, 0.4) is 0 Å². The predicted molar refractivity (Wildman–Crippen MR) is 216 cm³/mol. The number of sulfone groups is 1. The summed E-state index contributed by atoms with van der Waals surface area (Å²) in [6.07, 6.45) is 5.90. The van der Waals surface area contributed by atoms with E-state index in [4.69, 9.17) is 0 Å². The highest BCUT2D eigenvalue weighted by Crippen LogP contribution is 2.37. The summed E-state index contributed by atoms with van der Waals surface area (Å²) in [5, 5.41) is 20.5. The molecule has 3 amide bonds. The normalized spacial score (nSPS) is 12.9. The highest BCUT2D eigenvalue weighted by molar-refractivity contribution is 7.90. The van der Waals surface area contributed by atoms with Crippen LogP contribution >= 0.6 is 0 Å². The second kappa shape index (κ2) is 20.8. The summed E-state index contributed by atoms with van der Waals surface area (Å²) in [6.45, 7) is 5.38. The van der Waals surface area contributed by atoms with Gasteiger partial charge < -0.3 is 21.1 Å². The number of carboxylic acids is 1. The molecule has 0 fully saturated rings. The van der Waals surface area contributed by atoms with Crippen LogP contribution in [0.4, 0.5) is 0 Å². The monoisotopic (exact) mass is 794 g/mol. The molecule has 0 spiro atoms. The molecular formula is C43H50N6O7S. The van der Waals surface area contributed by atoms with Crippen LogP contribution < -0.4 is 21.3 Å². The molecule has 4 aromatic rings. The molecule has 0 saturated carbocycles. The lowest BCUT2D eigenvalue weighted by Gasteiger charge is -2.37. The number of aromatic nitrogens is 2. The highest BCUT2D eigenvalue weighted by atomic mass is 32.2. The number of carbonyl (C=O) groups excluding carboxylic acids is 3. The first-order chi connectivity index (χ1) is 27.2. The first-order valence-corrected chi connectivity index (χ1v) is 20.7. The lowest BCUT2D eigenvalue weighted by molar-refractivity contribution is -0.141. The Morgan fingerprint density at radius 2 is 1.32 bits per heavy atom. The fourth-order valence-electron chi connectivity index (χ4n) is 6.12. The summed E-state index contributed by atoms with van der Waals surface area (Å²) in [4.78, 5) is 58.1. The zero-order valence-corrected chi connectivity index (χ0v) is 33.4. The average Bonchev–Trinajstić information content (AvgIpc) is 3.19. The van der Waals surface area contributed by atoms with Crippen LogP contribution in [0.25, 0.3) is 0 Å². The first kappa shape index (κ1) is 43.8. The molecule has 4 rings (SSSR count). The van der Waals surface area contributed by atoms with Gasteiger partial charge in [-0.25, -0.2) is 18.4 Å². The summed E-state index contributed by atoms with van der Waals surface area (Å²) in [7, 11) is -3.53. The quantitative estimate of drug-likeness (QED) is 0.0400. The number of nitrogens with one attached hydrogen (secondary N) is 4. The number of hydrogen-bond acceptors (Lipinski definition) is 9. The number of aryl methyl sites for hydroxylation is 1. The van der Waals surface area contributed by atoms with E-state index in [1.807, 2.05) is 36.4 Å². The van der Waals surface area contributed by atoms with Crippen molar-refractivity contribution in [2.45, 2.75) is 88.1 Å². The van der Waals surface area contributed by atoms with Crippen molar-refractivity contribution in [2.75, 3.05) is 12.8 Å². The molecule has 0 radical (unpaired) electrons. The van der Waals surface area contributed by atoms with Crippen molar-refractivity contribution < 1.29 is 32.7 Å². The Kier molecular flexibility index (Phi) is 16.0. The van der Waals surface area contributed by atoms with E-state index in [1.54, 1.807) is 0 Å². The third-order valence-corrected chi connectivity index (χ3v) is 10.1. The van der Waals surface area contributed by atoms with E-state index in [-0.39, 0.29) is 23.9 Å². The zero-order chi connectivity index (χ0) is 41.4. The number of carboxylic acid groups (broad SMARTS) is 1. The van der Waals surface area contributed by atoms with Crippen molar-refractivity contribution in [3.05, 3.63) is 125 Å². The van der Waals surface area contributed by atoms with Crippen molar-refractivity contribution in [2.24, 2.45) is 0 Å². The molecule has 1 heterocycles. The minimum atomic E-state index is -3.53. The number of unbranched alkanes of at least 4 members (excludes halogenated alkanes) is 2. The number of carbonyl (C=O) groups is 4. The molecule has 1 aromatic heterocycles. The van der Waals surface area contributed by atoms with Gasteiger partial charge >= 0.3 is 5.97 Å². The van der Waals surface area contributed by atoms with Gasteiger partial charge in [-0.15, -0.1) is 0 Å². The van der Waals surface area contributed by atoms with E-state index >= 15 is 0 Å². The zero-order valence-electron chi connectivity index (χ0n) is 32.6. The van der Waals surface area contributed by atoms with Gasteiger partial charge in [-0.1, -0.05) is 102 Å². The fraction of sp³-hybridized carbons (Fsp3) is 0.349. The van der Waals surface area contributed by atoms with Gasteiger partial charge in [0, 0.05) is 31.5 Å². The van der Waals surface area contributed by atoms with Crippen LogP contribution in [-0.4, -0.2) is 78.1 Å². The van der Waals surface area contributed by atoms with Gasteiger partial charge in [-0.2, -0.15) is 0 Å². The van der Waals surface area contributed by atoms with Crippen LogP contribution in [-0.2, 0) is 34.6 Å². The van der Waals surface area contributed by atoms with Crippen LogP contribution in [0.15, 0.2) is 102 Å². The molecule has 57 heavy (non-hydrogen) atoms. The standard InChI is InChI=1S/C43H50N6O7S/c1-30-23-25-36(26-24-30)43(34-17-9-6-10-18-34,35-19-11-7-12-20-35)46-27-15-14-21-37(40(52)47-31(2)39(51)48-32(3)41(53)54)49-38(50)22-13-5-8-16-33-28-44-42(45-29-33)57(4,55)56/h6-7,9-12,17-20,23-26,28-29,31-32,37,46H,5,13-15,21-22,27H2,1-4H3,(H,47,52)(H,48,51)(H,49,50)(H,53,54)/t31-,32-,37-/m0/s1. The van der Waals surface area contributed by atoms with Crippen molar-refractivity contribution in [3.63, 3.8) is 0 Å². The average molecular weight is 795 g/mol. The molecule has 0 unspecified atom stereocenters. The van der Waals surface area contributed by atoms with E-state index in [0.717, 1.165) is 28.5 Å². The minimum Gasteiger partial charge on any atom is -0.480 e. The molecule has 5 N–H and O–H groups in total. The molecule has 13 nitrogen and oxygen atoms in total. The second-order valence-corrected chi connectivity index (χ2v) is 15.8. The second-order valence-electron chi connectivity index (χ2n) is 13.9. The Balaban J connectivity index is 1.43. The summed E-state index contributed by atoms with van der Waals surface area (Å²) in [5.74, 6) is 2.94. The van der Waals surface area contributed by atoms with Gasteiger partial charge in [0.05, 0.1) is 11.1 Å². The Bertz CT molecular complexity index is 2100. The number of nitrogens with zero attached hydrogens (tertiary/aromatic N) is 2. The van der Waals surface area contributed by atoms with Gasteiger partial charge in [0.25, 0.3) is 0 Å². The van der Waals surface area contributed by atoms with E-state index in [1.165, 1.54) is 26.2 Å². The summed E-state index contributed by atoms with van der Waals surface area (Å²) in [6, 6.07) is 25.7. The summed E-state index contributed by atoms with van der Waals surface area (Å²) in [5.41, 5.74) is 4.10. The van der Waals surface area contributed by atoms with Crippen LogP contribution in [0, 0.1) is 18.8 Å². The predicted octanol–water partition coefficient (Wildman–Crippen LogP) is 4.04. The van der Waals surface area contributed by atoms with E-state index in [9.17, 15) is 32.7 Å². The largest absolute Gasteiger partial charge is 0.480 e. The lowest BCUT2D eigenvalue weighted by atomic mass is 9.76. The molecule has 3 aromatic carbocycles. The van der Waals surface area contributed by atoms with Crippen molar-refractivity contribution >= 4 is 33.5 Å². The summed E-state index contributed by atoms with van der Waals surface area (Å²) < 4.78 is 23.2. The third kappa shape index (κ3) is 12.8. The number of rotatable bonds is 19. The lowest BCUT2D eigenvalue weighted by Crippen LogP contribution is -2.54. The molecule has 0 aliphatic carbocycles. The van der Waals surface area contributed by atoms with Crippen LogP contribution in [0.5, 0.6) is 0 Å². The van der Waals surface area contributed by atoms with Crippen LogP contribution in [0.1, 0.15) is 80.2 Å². The maximum absolute atomic E-state index is 13.5. The van der Waals surface area contributed by atoms with Gasteiger partial charge in [-0.3, -0.25) is 24.5 Å². The fourth-order valence-corrected chi connectivity index (χ4v) is 6.61. The van der Waals surface area contributed by atoms with Crippen molar-refractivity contribution in [3.8, 4) is 11.8 Å². The molecule has 0 bridgehead atoms. The minimum absolute atomic E-state index is 0.0723. The topological polar surface area (TPSA) is 197 Å².